The van der Waals surface area contributed by atoms with Gasteiger partial charge in [-0.1, -0.05) is 48.5 Å². The smallest absolute Gasteiger partial charge is 0.119 e. The van der Waals surface area contributed by atoms with Crippen LogP contribution in [0.5, 0.6) is 5.75 Å². The Morgan fingerprint density at radius 1 is 0.913 bits per heavy atom. The molecule has 1 aliphatic heterocycles. The third kappa shape index (κ3) is 4.57. The molecule has 3 rings (SSSR count). The van der Waals surface area contributed by atoms with E-state index in [4.69, 9.17) is 4.74 Å². The first-order valence-corrected chi connectivity index (χ1v) is 8.46. The molecule has 1 heterocycles. The fourth-order valence-electron chi connectivity index (χ4n) is 3.18. The predicted molar refractivity (Wildman–Crippen MR) is 92.5 cm³/mol. The molecule has 2 aromatic rings. The van der Waals surface area contributed by atoms with Gasteiger partial charge in [0.15, 0.2) is 0 Å². The van der Waals surface area contributed by atoms with Gasteiger partial charge in [0.1, 0.15) is 5.75 Å². The number of aliphatic hydroxyl groups is 1. The summed E-state index contributed by atoms with van der Waals surface area (Å²) in [5, 5.41) is 10.8. The van der Waals surface area contributed by atoms with Crippen molar-refractivity contribution in [2.45, 2.75) is 18.9 Å². The van der Waals surface area contributed by atoms with E-state index in [9.17, 15) is 5.11 Å². The van der Waals surface area contributed by atoms with Crippen LogP contribution in [0.15, 0.2) is 60.7 Å². The van der Waals surface area contributed by atoms with Crippen LogP contribution in [0.3, 0.4) is 0 Å². The Morgan fingerprint density at radius 3 is 2.17 bits per heavy atom. The quantitative estimate of drug-likeness (QED) is 0.849. The molecular formula is C20H25NO2. The fourth-order valence-corrected chi connectivity index (χ4v) is 3.18. The minimum atomic E-state index is -0.500. The van der Waals surface area contributed by atoms with Crippen LogP contribution in [0.2, 0.25) is 0 Å². The second-order valence-electron chi connectivity index (χ2n) is 6.25. The van der Waals surface area contributed by atoms with Crippen molar-refractivity contribution < 1.29 is 9.84 Å². The van der Waals surface area contributed by atoms with Gasteiger partial charge in [-0.15, -0.1) is 0 Å². The van der Waals surface area contributed by atoms with Crippen molar-refractivity contribution in [1.29, 1.82) is 0 Å². The van der Waals surface area contributed by atoms with E-state index in [0.29, 0.717) is 6.61 Å². The van der Waals surface area contributed by atoms with E-state index >= 15 is 0 Å². The maximum Gasteiger partial charge on any atom is 0.119 e. The van der Waals surface area contributed by atoms with Gasteiger partial charge in [-0.25, -0.2) is 0 Å². The second kappa shape index (κ2) is 8.14. The number of rotatable bonds is 7. The lowest BCUT2D eigenvalue weighted by Gasteiger charge is -2.28. The molecule has 3 nitrogen and oxygen atoms in total. The van der Waals surface area contributed by atoms with E-state index < -0.39 is 6.10 Å². The number of hydrogen-bond donors (Lipinski definition) is 1. The van der Waals surface area contributed by atoms with E-state index in [2.05, 4.69) is 4.90 Å². The Balaban J connectivity index is 1.67. The zero-order valence-corrected chi connectivity index (χ0v) is 13.5. The first kappa shape index (κ1) is 16.0. The molecule has 1 fully saturated rings. The number of nitrogens with zero attached hydrogens (tertiary/aromatic N) is 1. The number of hydrogen-bond acceptors (Lipinski definition) is 3. The molecule has 0 aromatic heterocycles. The number of para-hydroxylation sites is 1. The van der Waals surface area contributed by atoms with Gasteiger partial charge in [-0.05, 0) is 43.6 Å². The van der Waals surface area contributed by atoms with Crippen molar-refractivity contribution in [2.75, 3.05) is 26.2 Å². The third-order valence-electron chi connectivity index (χ3n) is 4.49. The summed E-state index contributed by atoms with van der Waals surface area (Å²) in [4.78, 5) is 2.44. The zero-order valence-electron chi connectivity index (χ0n) is 13.5. The lowest BCUT2D eigenvalue weighted by Crippen LogP contribution is -2.33. The topological polar surface area (TPSA) is 32.7 Å². The van der Waals surface area contributed by atoms with Crippen molar-refractivity contribution in [3.63, 3.8) is 0 Å². The summed E-state index contributed by atoms with van der Waals surface area (Å²) in [6.45, 7) is 3.66. The Labute approximate surface area is 138 Å². The molecule has 0 spiro atoms. The lowest BCUT2D eigenvalue weighted by atomic mass is 9.96. The highest BCUT2D eigenvalue weighted by Crippen LogP contribution is 2.25. The predicted octanol–water partition coefficient (Wildman–Crippen LogP) is 3.51. The SMILES string of the molecule is OC(c1ccccc1)C(COc1ccccc1)CN1CCCC1. The molecule has 1 aliphatic rings. The summed E-state index contributed by atoms with van der Waals surface area (Å²) in [6.07, 6.45) is 2.02. The van der Waals surface area contributed by atoms with Gasteiger partial charge in [-0.2, -0.15) is 0 Å². The molecule has 0 bridgehead atoms. The summed E-state index contributed by atoms with van der Waals surface area (Å²) < 4.78 is 5.93. The van der Waals surface area contributed by atoms with Crippen molar-refractivity contribution in [1.82, 2.24) is 4.90 Å². The third-order valence-corrected chi connectivity index (χ3v) is 4.49. The monoisotopic (exact) mass is 311 g/mol. The van der Waals surface area contributed by atoms with Crippen molar-refractivity contribution in [3.8, 4) is 5.75 Å². The van der Waals surface area contributed by atoms with Crippen LogP contribution >= 0.6 is 0 Å². The molecule has 1 N–H and O–H groups in total. The van der Waals surface area contributed by atoms with Crippen LogP contribution in [0.1, 0.15) is 24.5 Å². The van der Waals surface area contributed by atoms with Gasteiger partial charge in [0.25, 0.3) is 0 Å². The number of benzene rings is 2. The van der Waals surface area contributed by atoms with E-state index in [0.717, 1.165) is 30.9 Å². The Bertz CT molecular complexity index is 567. The molecule has 3 heteroatoms. The first-order chi connectivity index (χ1) is 11.3. The molecular weight excluding hydrogens is 286 g/mol. The van der Waals surface area contributed by atoms with Crippen molar-refractivity contribution >= 4 is 0 Å². The van der Waals surface area contributed by atoms with Crippen molar-refractivity contribution in [2.24, 2.45) is 5.92 Å². The summed E-state index contributed by atoms with van der Waals surface area (Å²) in [7, 11) is 0. The second-order valence-corrected chi connectivity index (χ2v) is 6.25. The van der Waals surface area contributed by atoms with Crippen LogP contribution in [-0.4, -0.2) is 36.2 Å². The first-order valence-electron chi connectivity index (χ1n) is 8.46. The van der Waals surface area contributed by atoms with E-state index in [1.807, 2.05) is 60.7 Å². The maximum absolute atomic E-state index is 10.8. The number of aliphatic hydroxyl groups excluding tert-OH is 1. The Hall–Kier alpha value is -1.84. The highest BCUT2D eigenvalue weighted by molar-refractivity contribution is 5.21. The lowest BCUT2D eigenvalue weighted by molar-refractivity contribution is 0.0537. The minimum absolute atomic E-state index is 0.0655. The fraction of sp³-hybridized carbons (Fsp3) is 0.400. The highest BCUT2D eigenvalue weighted by atomic mass is 16.5. The molecule has 1 saturated heterocycles. The average molecular weight is 311 g/mol. The van der Waals surface area contributed by atoms with Crippen LogP contribution in [-0.2, 0) is 0 Å². The van der Waals surface area contributed by atoms with E-state index in [1.54, 1.807) is 0 Å². The van der Waals surface area contributed by atoms with Crippen molar-refractivity contribution in [3.05, 3.63) is 66.2 Å². The molecule has 0 amide bonds. The van der Waals surface area contributed by atoms with Gasteiger partial charge >= 0.3 is 0 Å². The zero-order chi connectivity index (χ0) is 15.9. The number of likely N-dealkylation sites (tertiary alicyclic amines) is 1. The van der Waals surface area contributed by atoms with Gasteiger partial charge in [0.2, 0.25) is 0 Å². The molecule has 2 unspecified atom stereocenters. The summed E-state index contributed by atoms with van der Waals surface area (Å²) >= 11 is 0. The molecule has 0 saturated carbocycles. The molecule has 2 aromatic carbocycles. The molecule has 0 aliphatic carbocycles. The molecule has 2 atom stereocenters. The van der Waals surface area contributed by atoms with Crippen LogP contribution in [0.4, 0.5) is 0 Å². The van der Waals surface area contributed by atoms with Gasteiger partial charge in [0.05, 0.1) is 12.7 Å². The van der Waals surface area contributed by atoms with Crippen LogP contribution in [0, 0.1) is 5.92 Å². The largest absolute Gasteiger partial charge is 0.493 e. The summed E-state index contributed by atoms with van der Waals surface area (Å²) in [6, 6.07) is 19.8. The summed E-state index contributed by atoms with van der Waals surface area (Å²) in [5.41, 5.74) is 0.966. The van der Waals surface area contributed by atoms with Gasteiger partial charge in [-0.3, -0.25) is 0 Å². The van der Waals surface area contributed by atoms with Gasteiger partial charge < -0.3 is 14.7 Å². The minimum Gasteiger partial charge on any atom is -0.493 e. The van der Waals surface area contributed by atoms with E-state index in [1.165, 1.54) is 12.8 Å². The van der Waals surface area contributed by atoms with Crippen LogP contribution < -0.4 is 4.74 Å². The van der Waals surface area contributed by atoms with E-state index in [-0.39, 0.29) is 5.92 Å². The number of ether oxygens (including phenoxy) is 1. The van der Waals surface area contributed by atoms with Crippen LogP contribution in [0.25, 0.3) is 0 Å². The molecule has 23 heavy (non-hydrogen) atoms. The Kier molecular flexibility index (Phi) is 5.67. The standard InChI is InChI=1S/C20H25NO2/c22-20(17-9-3-1-4-10-17)18(15-21-13-7-8-14-21)16-23-19-11-5-2-6-12-19/h1-6,9-12,18,20,22H,7-8,13-16H2. The Morgan fingerprint density at radius 2 is 1.52 bits per heavy atom. The highest BCUT2D eigenvalue weighted by Gasteiger charge is 2.25. The normalized spacial score (nSPS) is 17.8. The molecule has 0 radical (unpaired) electrons. The maximum atomic E-state index is 10.8. The van der Waals surface area contributed by atoms with Gasteiger partial charge in [0, 0.05) is 12.5 Å². The average Bonchev–Trinajstić information content (AvgIpc) is 3.13. The summed E-state index contributed by atoms with van der Waals surface area (Å²) in [5.74, 6) is 0.926. The molecule has 122 valence electrons.